The number of hydrogen-bond donors (Lipinski definition) is 2. The zero-order valence-corrected chi connectivity index (χ0v) is 9.84. The Labute approximate surface area is 82.3 Å². The summed E-state index contributed by atoms with van der Waals surface area (Å²) in [5.74, 6) is 0. The van der Waals surface area contributed by atoms with E-state index in [4.69, 9.17) is 0 Å². The van der Waals surface area contributed by atoms with Gasteiger partial charge in [-0.15, -0.1) is 0 Å². The fourth-order valence-corrected chi connectivity index (χ4v) is 2.69. The molecule has 0 aliphatic carbocycles. The normalized spacial score (nSPS) is 20.5. The molecule has 78 valence electrons. The molecule has 0 aromatic rings. The molecule has 0 aromatic carbocycles. The largest absolute Gasteiger partial charge is 0.432 e. The van der Waals surface area contributed by atoms with Crippen LogP contribution >= 0.6 is 0 Å². The lowest BCUT2D eigenvalue weighted by Crippen LogP contribution is -2.44. The molecule has 0 atom stereocenters. The predicted octanol–water partition coefficient (Wildman–Crippen LogP) is 0.479. The van der Waals surface area contributed by atoms with Gasteiger partial charge >= 0.3 is 0 Å². The third-order valence-electron chi connectivity index (χ3n) is 2.47. The molecule has 1 saturated heterocycles. The van der Waals surface area contributed by atoms with Gasteiger partial charge in [-0.3, -0.25) is 0 Å². The molecule has 0 spiro atoms. The van der Waals surface area contributed by atoms with Gasteiger partial charge in [0.2, 0.25) is 0 Å². The molecule has 2 N–H and O–H groups in total. The van der Waals surface area contributed by atoms with Crippen molar-refractivity contribution in [2.24, 2.45) is 0 Å². The summed E-state index contributed by atoms with van der Waals surface area (Å²) in [6, 6.07) is 1.04. The summed E-state index contributed by atoms with van der Waals surface area (Å²) in [5.41, 5.74) is 0. The zero-order chi connectivity index (χ0) is 9.73. The highest BCUT2D eigenvalue weighted by molar-refractivity contribution is 6.69. The molecule has 1 aliphatic heterocycles. The van der Waals surface area contributed by atoms with Crippen molar-refractivity contribution < 1.29 is 4.80 Å². The Morgan fingerprint density at radius 3 is 2.46 bits per heavy atom. The van der Waals surface area contributed by atoms with Crippen LogP contribution in [0.15, 0.2) is 0 Å². The maximum Gasteiger partial charge on any atom is 0.182 e. The number of hydrogen-bond acceptors (Lipinski definition) is 3. The van der Waals surface area contributed by atoms with Crippen molar-refractivity contribution in [3.05, 3.63) is 0 Å². The maximum atomic E-state index is 9.66. The van der Waals surface area contributed by atoms with E-state index < -0.39 is 8.32 Å². The van der Waals surface area contributed by atoms with E-state index in [1.54, 1.807) is 0 Å². The molecule has 0 bridgehead atoms. The van der Waals surface area contributed by atoms with Gasteiger partial charge in [0.1, 0.15) is 0 Å². The second-order valence-corrected chi connectivity index (χ2v) is 8.63. The van der Waals surface area contributed by atoms with Gasteiger partial charge in [0.05, 0.1) is 0 Å². The molecule has 1 rings (SSSR count). The van der Waals surface area contributed by atoms with E-state index in [2.05, 4.69) is 10.2 Å². The SMILES string of the molecule is C[Si](C)(O)CCCN1CCNCC1. The number of nitrogens with one attached hydrogen (secondary N) is 1. The Kier molecular flexibility index (Phi) is 4.38. The molecule has 0 aromatic heterocycles. The predicted molar refractivity (Wildman–Crippen MR) is 58.4 cm³/mol. The van der Waals surface area contributed by atoms with Crippen molar-refractivity contribution in [1.29, 1.82) is 0 Å². The molecular weight excluding hydrogens is 180 g/mol. The summed E-state index contributed by atoms with van der Waals surface area (Å²) >= 11 is 0. The second kappa shape index (κ2) is 5.10. The van der Waals surface area contributed by atoms with Gasteiger partial charge in [-0.2, -0.15) is 0 Å². The molecular formula is C9H22N2OSi. The van der Waals surface area contributed by atoms with Crippen LogP contribution in [0.25, 0.3) is 0 Å². The lowest BCUT2D eigenvalue weighted by atomic mass is 10.3. The number of nitrogens with zero attached hydrogens (tertiary/aromatic N) is 1. The molecule has 0 amide bonds. The summed E-state index contributed by atoms with van der Waals surface area (Å²) in [6.45, 7) is 9.80. The molecule has 1 aliphatic rings. The number of rotatable bonds is 4. The lowest BCUT2D eigenvalue weighted by Gasteiger charge is -2.27. The average molecular weight is 202 g/mol. The van der Waals surface area contributed by atoms with Crippen molar-refractivity contribution in [3.8, 4) is 0 Å². The minimum Gasteiger partial charge on any atom is -0.432 e. The molecule has 0 radical (unpaired) electrons. The van der Waals surface area contributed by atoms with Gasteiger partial charge in [0, 0.05) is 26.2 Å². The van der Waals surface area contributed by atoms with Crippen LogP contribution in [0.4, 0.5) is 0 Å². The van der Waals surface area contributed by atoms with E-state index in [9.17, 15) is 4.80 Å². The van der Waals surface area contributed by atoms with Crippen molar-refractivity contribution in [2.45, 2.75) is 25.6 Å². The Morgan fingerprint density at radius 1 is 1.31 bits per heavy atom. The molecule has 3 nitrogen and oxygen atoms in total. The van der Waals surface area contributed by atoms with Gasteiger partial charge in [0.25, 0.3) is 0 Å². The average Bonchev–Trinajstić information content (AvgIpc) is 2.04. The van der Waals surface area contributed by atoms with Crippen LogP contribution < -0.4 is 5.32 Å². The van der Waals surface area contributed by atoms with E-state index in [0.717, 1.165) is 25.6 Å². The molecule has 0 saturated carbocycles. The minimum absolute atomic E-state index is 1.04. The Hall–Kier alpha value is 0.0969. The van der Waals surface area contributed by atoms with Crippen LogP contribution in [0.1, 0.15) is 6.42 Å². The van der Waals surface area contributed by atoms with E-state index in [1.165, 1.54) is 19.6 Å². The first kappa shape index (κ1) is 11.2. The van der Waals surface area contributed by atoms with Gasteiger partial charge < -0.3 is 15.0 Å². The first-order valence-electron chi connectivity index (χ1n) is 5.23. The van der Waals surface area contributed by atoms with Crippen LogP contribution in [0.3, 0.4) is 0 Å². The Morgan fingerprint density at radius 2 is 1.92 bits per heavy atom. The topological polar surface area (TPSA) is 35.5 Å². The summed E-state index contributed by atoms with van der Waals surface area (Å²) in [7, 11) is -1.78. The molecule has 4 heteroatoms. The van der Waals surface area contributed by atoms with Crippen LogP contribution in [0.2, 0.25) is 19.1 Å². The first-order valence-corrected chi connectivity index (χ1v) is 8.39. The fraction of sp³-hybridized carbons (Fsp3) is 1.00. The highest BCUT2D eigenvalue weighted by Gasteiger charge is 2.17. The van der Waals surface area contributed by atoms with Crippen molar-refractivity contribution in [3.63, 3.8) is 0 Å². The molecule has 13 heavy (non-hydrogen) atoms. The van der Waals surface area contributed by atoms with Crippen molar-refractivity contribution >= 4 is 8.32 Å². The summed E-state index contributed by atoms with van der Waals surface area (Å²) in [5, 5.41) is 3.34. The molecule has 1 heterocycles. The summed E-state index contributed by atoms with van der Waals surface area (Å²) in [6.07, 6.45) is 1.16. The number of piperazine rings is 1. The van der Waals surface area contributed by atoms with E-state index >= 15 is 0 Å². The monoisotopic (exact) mass is 202 g/mol. The highest BCUT2D eigenvalue weighted by atomic mass is 28.4. The van der Waals surface area contributed by atoms with Gasteiger partial charge in [0.15, 0.2) is 8.32 Å². The smallest absolute Gasteiger partial charge is 0.182 e. The fourth-order valence-electron chi connectivity index (χ4n) is 1.67. The third-order valence-corrected chi connectivity index (χ3v) is 4.05. The summed E-state index contributed by atoms with van der Waals surface area (Å²) < 4.78 is 0. The molecule has 1 fully saturated rings. The first-order chi connectivity index (χ1) is 6.08. The van der Waals surface area contributed by atoms with Gasteiger partial charge in [-0.1, -0.05) is 0 Å². The Bertz CT molecular complexity index is 141. The standard InChI is InChI=1S/C9H22N2OSi/c1-13(2,12)9-3-6-11-7-4-10-5-8-11/h10,12H,3-9H2,1-2H3. The maximum absolute atomic E-state index is 9.66. The third kappa shape index (κ3) is 5.41. The van der Waals surface area contributed by atoms with E-state index in [1.807, 2.05) is 13.1 Å². The van der Waals surface area contributed by atoms with E-state index in [0.29, 0.717) is 0 Å². The molecule has 0 unspecified atom stereocenters. The van der Waals surface area contributed by atoms with Crippen molar-refractivity contribution in [2.75, 3.05) is 32.7 Å². The van der Waals surface area contributed by atoms with Gasteiger partial charge in [-0.05, 0) is 32.1 Å². The highest BCUT2D eigenvalue weighted by Crippen LogP contribution is 2.08. The lowest BCUT2D eigenvalue weighted by molar-refractivity contribution is 0.240. The van der Waals surface area contributed by atoms with Crippen LogP contribution in [0.5, 0.6) is 0 Å². The minimum atomic E-state index is -1.78. The quantitative estimate of drug-likeness (QED) is 0.651. The van der Waals surface area contributed by atoms with Crippen molar-refractivity contribution in [1.82, 2.24) is 10.2 Å². The Balaban J connectivity index is 2.04. The summed E-state index contributed by atoms with van der Waals surface area (Å²) in [4.78, 5) is 12.1. The van der Waals surface area contributed by atoms with Crippen LogP contribution in [0, 0.1) is 0 Å². The van der Waals surface area contributed by atoms with E-state index in [-0.39, 0.29) is 0 Å². The van der Waals surface area contributed by atoms with Crippen LogP contribution in [-0.2, 0) is 0 Å². The van der Waals surface area contributed by atoms with Crippen LogP contribution in [-0.4, -0.2) is 50.7 Å². The second-order valence-electron chi connectivity index (χ2n) is 4.51. The van der Waals surface area contributed by atoms with Gasteiger partial charge in [-0.25, -0.2) is 0 Å². The zero-order valence-electron chi connectivity index (χ0n) is 8.84.